The van der Waals surface area contributed by atoms with E-state index in [9.17, 15) is 5.11 Å². The maximum Gasteiger partial charge on any atom is 0.173 e. The van der Waals surface area contributed by atoms with Crippen LogP contribution in [0.2, 0.25) is 0 Å². The average Bonchev–Trinajstić information content (AvgIpc) is 2.48. The van der Waals surface area contributed by atoms with E-state index in [1.165, 1.54) is 13.2 Å². The standard InChI is InChI=1S/C15H16N4O2/c1-9-4-3-7-18-13(9)15(17)19-14(16)11-8-10(21-2)5-6-12(11)20/h3-8,20H,1-2H3,(H3,16,17,19). The van der Waals surface area contributed by atoms with Gasteiger partial charge in [0.25, 0.3) is 0 Å². The summed E-state index contributed by atoms with van der Waals surface area (Å²) in [6.45, 7) is 1.84. The fourth-order valence-corrected chi connectivity index (χ4v) is 1.81. The molecule has 0 saturated heterocycles. The van der Waals surface area contributed by atoms with Gasteiger partial charge in [0.2, 0.25) is 0 Å². The monoisotopic (exact) mass is 284 g/mol. The number of phenols is 1. The number of rotatable bonds is 3. The third-order valence-electron chi connectivity index (χ3n) is 2.95. The molecular weight excluding hydrogens is 268 g/mol. The van der Waals surface area contributed by atoms with Crippen molar-refractivity contribution in [3.05, 3.63) is 53.3 Å². The Morgan fingerprint density at radius 3 is 2.81 bits per heavy atom. The molecule has 1 aromatic carbocycles. The van der Waals surface area contributed by atoms with Crippen LogP contribution in [0.15, 0.2) is 41.5 Å². The van der Waals surface area contributed by atoms with Crippen LogP contribution < -0.4 is 10.5 Å². The van der Waals surface area contributed by atoms with E-state index in [0.29, 0.717) is 17.0 Å². The lowest BCUT2D eigenvalue weighted by Gasteiger charge is -2.07. The van der Waals surface area contributed by atoms with Crippen LogP contribution in [0.3, 0.4) is 0 Å². The molecule has 2 aromatic rings. The Morgan fingerprint density at radius 1 is 1.38 bits per heavy atom. The van der Waals surface area contributed by atoms with Crippen molar-refractivity contribution in [1.29, 1.82) is 5.41 Å². The third-order valence-corrected chi connectivity index (χ3v) is 2.95. The number of benzene rings is 1. The molecule has 2 rings (SSSR count). The zero-order valence-electron chi connectivity index (χ0n) is 11.8. The van der Waals surface area contributed by atoms with Crippen LogP contribution in [0.5, 0.6) is 11.5 Å². The summed E-state index contributed by atoms with van der Waals surface area (Å²) < 4.78 is 5.08. The number of hydrogen-bond donors (Lipinski definition) is 3. The molecule has 1 heterocycles. The molecule has 6 heteroatoms. The highest BCUT2D eigenvalue weighted by atomic mass is 16.5. The molecule has 0 saturated carbocycles. The van der Waals surface area contributed by atoms with Gasteiger partial charge in [0.1, 0.15) is 23.0 Å². The summed E-state index contributed by atoms with van der Waals surface area (Å²) in [6.07, 6.45) is 1.59. The van der Waals surface area contributed by atoms with Crippen molar-refractivity contribution in [3.63, 3.8) is 0 Å². The summed E-state index contributed by atoms with van der Waals surface area (Å²) in [5.41, 5.74) is 7.46. The first-order valence-electron chi connectivity index (χ1n) is 6.25. The molecule has 0 bridgehead atoms. The van der Waals surface area contributed by atoms with Crippen LogP contribution in [0, 0.1) is 12.3 Å². The van der Waals surface area contributed by atoms with Crippen LogP contribution in [0.25, 0.3) is 0 Å². The summed E-state index contributed by atoms with van der Waals surface area (Å²) in [5, 5.41) is 17.8. The quantitative estimate of drug-likeness (QED) is 0.590. The second kappa shape index (κ2) is 6.04. The van der Waals surface area contributed by atoms with E-state index >= 15 is 0 Å². The van der Waals surface area contributed by atoms with Crippen LogP contribution in [0.1, 0.15) is 16.8 Å². The lowest BCUT2D eigenvalue weighted by Crippen LogP contribution is -2.17. The predicted molar refractivity (Wildman–Crippen MR) is 81.2 cm³/mol. The fourth-order valence-electron chi connectivity index (χ4n) is 1.81. The summed E-state index contributed by atoms with van der Waals surface area (Å²) >= 11 is 0. The summed E-state index contributed by atoms with van der Waals surface area (Å²) in [7, 11) is 1.52. The first-order chi connectivity index (χ1) is 10.0. The van der Waals surface area contributed by atoms with Gasteiger partial charge in [0, 0.05) is 6.20 Å². The number of amidine groups is 2. The Labute approximate surface area is 122 Å². The predicted octanol–water partition coefficient (Wildman–Crippen LogP) is 1.84. The molecule has 0 fully saturated rings. The second-order valence-corrected chi connectivity index (χ2v) is 4.40. The van der Waals surface area contributed by atoms with Crippen LogP contribution in [0.4, 0.5) is 0 Å². The number of nitrogens with two attached hydrogens (primary N) is 1. The molecule has 0 radical (unpaired) electrons. The molecule has 0 amide bonds. The first kappa shape index (κ1) is 14.5. The van der Waals surface area contributed by atoms with Crippen LogP contribution >= 0.6 is 0 Å². The topological polar surface area (TPSA) is 105 Å². The lowest BCUT2D eigenvalue weighted by molar-refractivity contribution is 0.412. The zero-order chi connectivity index (χ0) is 15.4. The molecule has 0 atom stereocenters. The average molecular weight is 284 g/mol. The number of aromatic hydroxyl groups is 1. The maximum atomic E-state index is 9.84. The van der Waals surface area contributed by atoms with Gasteiger partial charge >= 0.3 is 0 Å². The number of nitrogens with zero attached hydrogens (tertiary/aromatic N) is 2. The van der Waals surface area contributed by atoms with Crippen molar-refractivity contribution in [1.82, 2.24) is 4.98 Å². The van der Waals surface area contributed by atoms with Gasteiger partial charge in [-0.3, -0.25) is 10.4 Å². The van der Waals surface area contributed by atoms with Gasteiger partial charge in [0.05, 0.1) is 12.7 Å². The largest absolute Gasteiger partial charge is 0.507 e. The molecule has 0 aliphatic carbocycles. The van der Waals surface area contributed by atoms with E-state index in [1.54, 1.807) is 24.4 Å². The molecule has 0 unspecified atom stereocenters. The minimum atomic E-state index is -0.0622. The molecule has 1 aromatic heterocycles. The third kappa shape index (κ3) is 3.17. The minimum Gasteiger partial charge on any atom is -0.507 e. The van der Waals surface area contributed by atoms with E-state index in [2.05, 4.69) is 9.98 Å². The number of nitrogens with one attached hydrogen (secondary N) is 1. The lowest BCUT2D eigenvalue weighted by atomic mass is 10.1. The number of pyridine rings is 1. The van der Waals surface area contributed by atoms with Crippen molar-refractivity contribution in [2.45, 2.75) is 6.92 Å². The maximum absolute atomic E-state index is 9.84. The van der Waals surface area contributed by atoms with Gasteiger partial charge in [-0.1, -0.05) is 6.07 Å². The number of ether oxygens (including phenoxy) is 1. The van der Waals surface area contributed by atoms with E-state index < -0.39 is 0 Å². The highest BCUT2D eigenvalue weighted by Gasteiger charge is 2.11. The highest BCUT2D eigenvalue weighted by Crippen LogP contribution is 2.22. The fraction of sp³-hybridized carbons (Fsp3) is 0.133. The van der Waals surface area contributed by atoms with Crippen molar-refractivity contribution < 1.29 is 9.84 Å². The van der Waals surface area contributed by atoms with E-state index in [4.69, 9.17) is 15.9 Å². The number of methoxy groups -OCH3 is 1. The van der Waals surface area contributed by atoms with E-state index in [-0.39, 0.29) is 17.4 Å². The van der Waals surface area contributed by atoms with Crippen LogP contribution in [-0.4, -0.2) is 28.9 Å². The molecule has 0 spiro atoms. The Hall–Kier alpha value is -2.89. The van der Waals surface area contributed by atoms with Gasteiger partial charge in [-0.15, -0.1) is 0 Å². The smallest absolute Gasteiger partial charge is 0.173 e. The van der Waals surface area contributed by atoms with Crippen molar-refractivity contribution >= 4 is 11.7 Å². The number of phenolic OH excluding ortho intramolecular Hbond substituents is 1. The van der Waals surface area contributed by atoms with Gasteiger partial charge in [-0.25, -0.2) is 4.99 Å². The first-order valence-corrected chi connectivity index (χ1v) is 6.25. The highest BCUT2D eigenvalue weighted by molar-refractivity contribution is 6.10. The molecule has 21 heavy (non-hydrogen) atoms. The van der Waals surface area contributed by atoms with E-state index in [1.807, 2.05) is 13.0 Å². The van der Waals surface area contributed by atoms with Crippen molar-refractivity contribution in [2.24, 2.45) is 10.7 Å². The van der Waals surface area contributed by atoms with Gasteiger partial charge < -0.3 is 15.6 Å². The van der Waals surface area contributed by atoms with E-state index in [0.717, 1.165) is 5.56 Å². The number of aryl methyl sites for hydroxylation is 1. The SMILES string of the molecule is COc1ccc(O)c(C(N)=NC(=N)c2ncccc2C)c1. The number of aromatic nitrogens is 1. The van der Waals surface area contributed by atoms with Crippen molar-refractivity contribution in [3.8, 4) is 11.5 Å². The minimum absolute atomic E-state index is 0.0254. The second-order valence-electron chi connectivity index (χ2n) is 4.40. The molecule has 0 aliphatic heterocycles. The van der Waals surface area contributed by atoms with Gasteiger partial charge in [-0.05, 0) is 36.8 Å². The molecule has 0 aliphatic rings. The normalized spacial score (nSPS) is 11.2. The summed E-state index contributed by atoms with van der Waals surface area (Å²) in [5.74, 6) is 0.485. The van der Waals surface area contributed by atoms with Crippen LogP contribution in [-0.2, 0) is 0 Å². The Bertz CT molecular complexity index is 711. The number of aliphatic imine (C=N–C) groups is 1. The van der Waals surface area contributed by atoms with Gasteiger partial charge in [0.15, 0.2) is 5.84 Å². The molecule has 6 nitrogen and oxygen atoms in total. The van der Waals surface area contributed by atoms with Gasteiger partial charge in [-0.2, -0.15) is 0 Å². The molecular formula is C15H16N4O2. The zero-order valence-corrected chi connectivity index (χ0v) is 11.8. The Balaban J connectivity index is 2.37. The Morgan fingerprint density at radius 2 is 2.14 bits per heavy atom. The summed E-state index contributed by atoms with van der Waals surface area (Å²) in [6, 6.07) is 8.26. The number of hydrogen-bond acceptors (Lipinski definition) is 4. The molecule has 108 valence electrons. The Kier molecular flexibility index (Phi) is 4.18. The molecule has 4 N–H and O–H groups in total. The summed E-state index contributed by atoms with van der Waals surface area (Å²) in [4.78, 5) is 8.12. The van der Waals surface area contributed by atoms with Crippen molar-refractivity contribution in [2.75, 3.05) is 7.11 Å².